The molecule has 2 unspecified atom stereocenters. The van der Waals surface area contributed by atoms with E-state index in [9.17, 15) is 18.0 Å². The van der Waals surface area contributed by atoms with Gasteiger partial charge in [-0.3, -0.25) is 0 Å². The van der Waals surface area contributed by atoms with Crippen molar-refractivity contribution in [2.75, 3.05) is 37.7 Å². The summed E-state index contributed by atoms with van der Waals surface area (Å²) in [6, 6.07) is 5.90. The lowest BCUT2D eigenvalue weighted by Crippen LogP contribution is -2.51. The molecule has 2 aliphatic heterocycles. The quantitative estimate of drug-likeness (QED) is 0.635. The molecule has 1 aromatic heterocycles. The van der Waals surface area contributed by atoms with Crippen molar-refractivity contribution >= 4 is 17.8 Å². The summed E-state index contributed by atoms with van der Waals surface area (Å²) in [4.78, 5) is 21.6. The molecule has 3 aliphatic rings. The number of nitrogens with zero attached hydrogens (tertiary/aromatic N) is 4. The number of rotatable bonds is 4. The molecular formula is C22H25F3N4O3S. The van der Waals surface area contributed by atoms with Crippen LogP contribution in [0.25, 0.3) is 0 Å². The standard InChI is InChI=1S/C22H25F3N4O3S/c23-22(24,25)31-18-5-3-14(4-6-18)16-11-17(20-26-19(27-32-20)15-1-2-15)13-29(12-16)21(30)28-7-9-33-10-8-28/h3-6,15-17H,1-2,7-13H2. The van der Waals surface area contributed by atoms with Crippen molar-refractivity contribution in [3.63, 3.8) is 0 Å². The Morgan fingerprint density at radius 1 is 1.03 bits per heavy atom. The summed E-state index contributed by atoms with van der Waals surface area (Å²) in [6.45, 7) is 2.40. The first-order valence-corrected chi connectivity index (χ1v) is 12.3. The van der Waals surface area contributed by atoms with E-state index in [1.807, 2.05) is 21.6 Å². The number of likely N-dealkylation sites (tertiary alicyclic amines) is 1. The van der Waals surface area contributed by atoms with E-state index in [2.05, 4.69) is 14.9 Å². The Morgan fingerprint density at radius 3 is 2.39 bits per heavy atom. The lowest BCUT2D eigenvalue weighted by molar-refractivity contribution is -0.274. The molecule has 0 bridgehead atoms. The van der Waals surface area contributed by atoms with Gasteiger partial charge in [-0.15, -0.1) is 13.2 Å². The number of hydrogen-bond acceptors (Lipinski definition) is 6. The van der Waals surface area contributed by atoms with Crippen molar-refractivity contribution in [3.05, 3.63) is 41.5 Å². The second-order valence-electron chi connectivity index (χ2n) is 8.80. The van der Waals surface area contributed by atoms with Gasteiger partial charge in [0.25, 0.3) is 0 Å². The largest absolute Gasteiger partial charge is 0.573 e. The predicted molar refractivity (Wildman–Crippen MR) is 115 cm³/mol. The van der Waals surface area contributed by atoms with E-state index in [1.165, 1.54) is 12.1 Å². The van der Waals surface area contributed by atoms with Crippen LogP contribution in [-0.4, -0.2) is 70.0 Å². The van der Waals surface area contributed by atoms with E-state index < -0.39 is 6.36 Å². The molecule has 0 radical (unpaired) electrons. The Kier molecular flexibility index (Phi) is 6.15. The molecule has 11 heteroatoms. The number of carbonyl (C=O) groups excluding carboxylic acids is 1. The van der Waals surface area contributed by atoms with Gasteiger partial charge in [0.1, 0.15) is 5.75 Å². The molecule has 0 spiro atoms. The minimum absolute atomic E-state index is 0.0102. The highest BCUT2D eigenvalue weighted by atomic mass is 32.2. The molecule has 2 atom stereocenters. The van der Waals surface area contributed by atoms with Crippen LogP contribution in [0.3, 0.4) is 0 Å². The van der Waals surface area contributed by atoms with Crippen LogP contribution < -0.4 is 4.74 Å². The molecule has 7 nitrogen and oxygen atoms in total. The Balaban J connectivity index is 1.36. The zero-order chi connectivity index (χ0) is 23.0. The Hall–Kier alpha value is -2.43. The predicted octanol–water partition coefficient (Wildman–Crippen LogP) is 4.59. The van der Waals surface area contributed by atoms with Crippen LogP contribution in [0.2, 0.25) is 0 Å². The Labute approximate surface area is 193 Å². The van der Waals surface area contributed by atoms with Gasteiger partial charge in [-0.1, -0.05) is 17.3 Å². The van der Waals surface area contributed by atoms with Gasteiger partial charge in [0, 0.05) is 49.5 Å². The third-order valence-electron chi connectivity index (χ3n) is 6.34. The zero-order valence-corrected chi connectivity index (χ0v) is 18.8. The average Bonchev–Trinajstić information content (AvgIpc) is 3.54. The monoisotopic (exact) mass is 482 g/mol. The van der Waals surface area contributed by atoms with Crippen molar-refractivity contribution in [2.24, 2.45) is 0 Å². The molecule has 0 N–H and O–H groups in total. The SMILES string of the molecule is O=C(N1CCSCC1)N1CC(c2ccc(OC(F)(F)F)cc2)CC(c2nc(C3CC3)no2)C1. The molecule has 1 aliphatic carbocycles. The number of ether oxygens (including phenoxy) is 1. The first-order valence-electron chi connectivity index (χ1n) is 11.2. The van der Waals surface area contributed by atoms with Crippen molar-refractivity contribution in [1.29, 1.82) is 0 Å². The van der Waals surface area contributed by atoms with Crippen LogP contribution in [-0.2, 0) is 0 Å². The number of urea groups is 1. The number of benzene rings is 1. The highest BCUT2D eigenvalue weighted by Gasteiger charge is 2.38. The summed E-state index contributed by atoms with van der Waals surface area (Å²) in [5, 5.41) is 4.13. The van der Waals surface area contributed by atoms with Crippen molar-refractivity contribution in [1.82, 2.24) is 19.9 Å². The summed E-state index contributed by atoms with van der Waals surface area (Å²) < 4.78 is 47.1. The van der Waals surface area contributed by atoms with Crippen LogP contribution in [0.15, 0.2) is 28.8 Å². The van der Waals surface area contributed by atoms with E-state index in [4.69, 9.17) is 4.52 Å². The Morgan fingerprint density at radius 2 is 1.73 bits per heavy atom. The lowest BCUT2D eigenvalue weighted by atomic mass is 9.84. The lowest BCUT2D eigenvalue weighted by Gasteiger charge is -2.40. The van der Waals surface area contributed by atoms with Gasteiger partial charge in [0.05, 0.1) is 5.92 Å². The fraction of sp³-hybridized carbons (Fsp3) is 0.591. The second-order valence-corrected chi connectivity index (χ2v) is 10.0. The van der Waals surface area contributed by atoms with Crippen LogP contribution in [0, 0.1) is 0 Å². The molecule has 3 fully saturated rings. The number of amides is 2. The summed E-state index contributed by atoms with van der Waals surface area (Å²) in [7, 11) is 0. The number of aromatic nitrogens is 2. The van der Waals surface area contributed by atoms with Crippen molar-refractivity contribution in [2.45, 2.75) is 43.4 Å². The molecule has 1 saturated carbocycles. The van der Waals surface area contributed by atoms with Gasteiger partial charge >= 0.3 is 12.4 Å². The minimum Gasteiger partial charge on any atom is -0.406 e. The summed E-state index contributed by atoms with van der Waals surface area (Å²) in [6.07, 6.45) is -1.93. The summed E-state index contributed by atoms with van der Waals surface area (Å²) in [5.41, 5.74) is 0.850. The van der Waals surface area contributed by atoms with Gasteiger partial charge in [0.2, 0.25) is 5.89 Å². The van der Waals surface area contributed by atoms with Crippen LogP contribution in [0.5, 0.6) is 5.75 Å². The van der Waals surface area contributed by atoms with Gasteiger partial charge < -0.3 is 19.1 Å². The molecule has 2 saturated heterocycles. The number of piperidine rings is 1. The fourth-order valence-electron chi connectivity index (χ4n) is 4.49. The van der Waals surface area contributed by atoms with Gasteiger partial charge in [0.15, 0.2) is 5.82 Å². The molecule has 2 amide bonds. The average molecular weight is 483 g/mol. The molecular weight excluding hydrogens is 457 g/mol. The van der Waals surface area contributed by atoms with Crippen LogP contribution in [0.4, 0.5) is 18.0 Å². The summed E-state index contributed by atoms with van der Waals surface area (Å²) in [5.74, 6) is 3.01. The topological polar surface area (TPSA) is 71.7 Å². The zero-order valence-electron chi connectivity index (χ0n) is 18.0. The van der Waals surface area contributed by atoms with E-state index in [1.54, 1.807) is 12.1 Å². The van der Waals surface area contributed by atoms with Crippen molar-refractivity contribution < 1.29 is 27.2 Å². The molecule has 178 valence electrons. The number of alkyl halides is 3. The number of carbonyl (C=O) groups is 1. The van der Waals surface area contributed by atoms with Crippen LogP contribution in [0.1, 0.15) is 54.3 Å². The van der Waals surface area contributed by atoms with E-state index in [-0.39, 0.29) is 23.6 Å². The van der Waals surface area contributed by atoms with E-state index in [0.29, 0.717) is 44.4 Å². The van der Waals surface area contributed by atoms with E-state index >= 15 is 0 Å². The minimum atomic E-state index is -4.73. The fourth-order valence-corrected chi connectivity index (χ4v) is 5.40. The molecule has 1 aromatic carbocycles. The maximum atomic E-state index is 13.3. The molecule has 3 heterocycles. The smallest absolute Gasteiger partial charge is 0.406 e. The maximum Gasteiger partial charge on any atom is 0.573 e. The van der Waals surface area contributed by atoms with Gasteiger partial charge in [-0.25, -0.2) is 4.79 Å². The second kappa shape index (κ2) is 9.08. The highest BCUT2D eigenvalue weighted by molar-refractivity contribution is 7.99. The van der Waals surface area contributed by atoms with Gasteiger partial charge in [-0.2, -0.15) is 16.7 Å². The first kappa shape index (κ1) is 22.4. The number of thioether (sulfide) groups is 1. The Bertz CT molecular complexity index is 974. The maximum absolute atomic E-state index is 13.3. The number of hydrogen-bond donors (Lipinski definition) is 0. The van der Waals surface area contributed by atoms with E-state index in [0.717, 1.165) is 35.7 Å². The molecule has 33 heavy (non-hydrogen) atoms. The normalized spacial score (nSPS) is 24.1. The third kappa shape index (κ3) is 5.39. The van der Waals surface area contributed by atoms with Gasteiger partial charge in [-0.05, 0) is 37.0 Å². The summed E-state index contributed by atoms with van der Waals surface area (Å²) >= 11 is 1.84. The van der Waals surface area contributed by atoms with Crippen molar-refractivity contribution in [3.8, 4) is 5.75 Å². The highest BCUT2D eigenvalue weighted by Crippen LogP contribution is 2.41. The first-order chi connectivity index (χ1) is 15.9. The third-order valence-corrected chi connectivity index (χ3v) is 7.28. The van der Waals surface area contributed by atoms with Crippen LogP contribution >= 0.6 is 11.8 Å². The molecule has 5 rings (SSSR count). The molecule has 2 aromatic rings. The number of halogens is 3.